The van der Waals surface area contributed by atoms with E-state index in [1.807, 2.05) is 6.92 Å². The number of alkyl halides is 2. The Morgan fingerprint density at radius 1 is 1.21 bits per heavy atom. The molecule has 0 amide bonds. The number of aliphatic hydroxyl groups is 1. The molecule has 3 saturated carbocycles. The maximum Gasteiger partial charge on any atom is 0.303 e. The number of carboxylic acid groups (broad SMARTS) is 1. The summed E-state index contributed by atoms with van der Waals surface area (Å²) in [5.41, 5.74) is -0.743. The molecule has 8 atom stereocenters. The molecule has 0 saturated heterocycles. The van der Waals surface area contributed by atoms with Gasteiger partial charge in [-0.25, -0.2) is 0 Å². The number of rotatable bonds is 6. The van der Waals surface area contributed by atoms with Crippen LogP contribution in [0.4, 0.5) is 0 Å². The highest BCUT2D eigenvalue weighted by Gasteiger charge is 2.73. The minimum atomic E-state index is -0.882. The van der Waals surface area contributed by atoms with E-state index < -0.39 is 27.1 Å². The lowest BCUT2D eigenvalue weighted by molar-refractivity contribution is -0.143. The van der Waals surface area contributed by atoms with Gasteiger partial charge in [0, 0.05) is 17.3 Å². The van der Waals surface area contributed by atoms with Gasteiger partial charge < -0.3 is 10.2 Å². The smallest absolute Gasteiger partial charge is 0.303 e. The Hall–Kier alpha value is -1.33. The van der Waals surface area contributed by atoms with Crippen LogP contribution in [0.2, 0.25) is 0 Å². The van der Waals surface area contributed by atoms with Gasteiger partial charge in [-0.3, -0.25) is 14.4 Å². The first-order valence-corrected chi connectivity index (χ1v) is 13.3. The molecule has 34 heavy (non-hydrogen) atoms. The number of unbranched alkanes of at least 4 members (excludes halogenated alkanes) is 1. The molecular formula is C27H36Cl2O5. The molecule has 2 N–H and O–H groups in total. The van der Waals surface area contributed by atoms with E-state index in [4.69, 9.17) is 28.3 Å². The Morgan fingerprint density at radius 3 is 2.50 bits per heavy atom. The molecule has 4 aliphatic carbocycles. The summed E-state index contributed by atoms with van der Waals surface area (Å²) in [6, 6.07) is 0. The van der Waals surface area contributed by atoms with E-state index in [0.29, 0.717) is 32.1 Å². The van der Waals surface area contributed by atoms with Gasteiger partial charge in [-0.15, -0.1) is 23.2 Å². The maximum absolute atomic E-state index is 13.4. The number of carboxylic acids is 1. The van der Waals surface area contributed by atoms with Crippen LogP contribution in [0, 0.1) is 34.0 Å². The molecular weight excluding hydrogens is 475 g/mol. The first kappa shape index (κ1) is 25.8. The van der Waals surface area contributed by atoms with E-state index in [1.54, 1.807) is 13.0 Å². The Kier molecular flexibility index (Phi) is 6.34. The standard InChI is InChI=1S/C27H36Cl2O5/c1-15-11-19-18-9-8-17-12-20(31)21(32)13-24(17,3)27(18,29)22(28)14-25(19,4)26(15,16(2)30)10-6-5-7-23(33)34/h12-13,15,18-19,22,32H,5-11,14H2,1-4H3,(H,33,34)/t15-,18-,19-,22-,24-,25-,26+,27-/m0/s1. The number of hydrogen-bond donors (Lipinski definition) is 2. The highest BCUT2D eigenvalue weighted by molar-refractivity contribution is 6.34. The van der Waals surface area contributed by atoms with E-state index >= 15 is 0 Å². The normalized spacial score (nSPS) is 45.5. The van der Waals surface area contributed by atoms with Crippen LogP contribution < -0.4 is 0 Å². The molecule has 0 unspecified atom stereocenters. The summed E-state index contributed by atoms with van der Waals surface area (Å²) in [4.78, 5) is 35.8. The molecule has 7 heteroatoms. The number of aliphatic hydroxyl groups excluding tert-OH is 1. The first-order chi connectivity index (χ1) is 15.8. The molecule has 4 aliphatic rings. The van der Waals surface area contributed by atoms with Gasteiger partial charge in [0.15, 0.2) is 5.76 Å². The SMILES string of the molecule is CC(=O)[C@@]1(CCCCC(=O)O)[C@@H](C)C[C@H]2[C@@H]3CCC4=CC(=O)C(O)=C[C@]4(C)[C@@]3(Cl)[C@@H](Cl)C[C@@]21C. The second kappa shape index (κ2) is 8.37. The quantitative estimate of drug-likeness (QED) is 0.326. The summed E-state index contributed by atoms with van der Waals surface area (Å²) in [5, 5.41) is 19.0. The molecule has 0 bridgehead atoms. The minimum absolute atomic E-state index is 0.0255. The summed E-state index contributed by atoms with van der Waals surface area (Å²) >= 11 is 14.8. The lowest BCUT2D eigenvalue weighted by atomic mass is 9.44. The van der Waals surface area contributed by atoms with Gasteiger partial charge in [0.2, 0.25) is 5.78 Å². The molecule has 0 aliphatic heterocycles. The van der Waals surface area contributed by atoms with Gasteiger partial charge in [-0.2, -0.15) is 0 Å². The number of ketones is 2. The van der Waals surface area contributed by atoms with Crippen molar-refractivity contribution >= 4 is 40.7 Å². The lowest BCUT2D eigenvalue weighted by Crippen LogP contribution is -2.66. The number of hydrogen-bond acceptors (Lipinski definition) is 4. The zero-order chi connectivity index (χ0) is 25.3. The summed E-state index contributed by atoms with van der Waals surface area (Å²) in [6.07, 6.45) is 8.08. The van der Waals surface area contributed by atoms with Crippen molar-refractivity contribution in [2.24, 2.45) is 34.0 Å². The fraction of sp³-hybridized carbons (Fsp3) is 0.741. The lowest BCUT2D eigenvalue weighted by Gasteiger charge is -2.64. The number of halogens is 2. The largest absolute Gasteiger partial charge is 0.504 e. The molecule has 188 valence electrons. The molecule has 0 aromatic rings. The molecule has 0 aromatic carbocycles. The van der Waals surface area contributed by atoms with Crippen molar-refractivity contribution in [1.82, 2.24) is 0 Å². The number of carbonyl (C=O) groups excluding carboxylic acids is 2. The van der Waals surface area contributed by atoms with Crippen LogP contribution >= 0.6 is 23.2 Å². The van der Waals surface area contributed by atoms with Crippen molar-refractivity contribution in [1.29, 1.82) is 0 Å². The fourth-order valence-corrected chi connectivity index (χ4v) is 10.0. The van der Waals surface area contributed by atoms with Gasteiger partial charge in [0.1, 0.15) is 5.78 Å². The zero-order valence-corrected chi connectivity index (χ0v) is 22.0. The summed E-state index contributed by atoms with van der Waals surface area (Å²) < 4.78 is 0. The second-order valence-corrected chi connectivity index (χ2v) is 12.8. The van der Waals surface area contributed by atoms with Crippen molar-refractivity contribution in [3.63, 3.8) is 0 Å². The Balaban J connectivity index is 1.75. The fourth-order valence-electron chi connectivity index (χ4n) is 8.80. The highest BCUT2D eigenvalue weighted by Crippen LogP contribution is 2.75. The van der Waals surface area contributed by atoms with Crippen molar-refractivity contribution in [3.05, 3.63) is 23.5 Å². The zero-order valence-electron chi connectivity index (χ0n) is 20.5. The predicted molar refractivity (Wildman–Crippen MR) is 132 cm³/mol. The van der Waals surface area contributed by atoms with Crippen LogP contribution in [0.1, 0.15) is 79.1 Å². The third kappa shape index (κ3) is 3.21. The van der Waals surface area contributed by atoms with E-state index in [-0.39, 0.29) is 46.9 Å². The van der Waals surface area contributed by atoms with Gasteiger partial charge in [-0.1, -0.05) is 32.8 Å². The molecule has 3 fully saturated rings. The number of aliphatic carboxylic acids is 1. The average molecular weight is 511 g/mol. The van der Waals surface area contributed by atoms with Crippen LogP contribution in [0.5, 0.6) is 0 Å². The van der Waals surface area contributed by atoms with Gasteiger partial charge in [0.05, 0.1) is 10.3 Å². The molecule has 0 spiro atoms. The monoisotopic (exact) mass is 510 g/mol. The van der Waals surface area contributed by atoms with E-state index in [2.05, 4.69) is 13.8 Å². The third-order valence-corrected chi connectivity index (χ3v) is 11.9. The first-order valence-electron chi connectivity index (χ1n) is 12.5. The van der Waals surface area contributed by atoms with Crippen LogP contribution in [-0.4, -0.2) is 38.0 Å². The highest BCUT2D eigenvalue weighted by atomic mass is 35.5. The number of Topliss-reactive ketones (excluding diaryl/α,β-unsaturated/α-hetero) is 1. The van der Waals surface area contributed by atoms with Crippen molar-refractivity contribution in [2.45, 2.75) is 89.3 Å². The van der Waals surface area contributed by atoms with Crippen LogP contribution in [-0.2, 0) is 14.4 Å². The van der Waals surface area contributed by atoms with Crippen LogP contribution in [0.25, 0.3) is 0 Å². The van der Waals surface area contributed by atoms with Crippen molar-refractivity contribution < 1.29 is 24.6 Å². The molecule has 4 rings (SSSR count). The van der Waals surface area contributed by atoms with E-state index in [1.165, 1.54) is 6.08 Å². The second-order valence-electron chi connectivity index (χ2n) is 11.6. The Labute approximate surface area is 212 Å². The summed E-state index contributed by atoms with van der Waals surface area (Å²) in [5.74, 6) is -0.983. The number of carbonyl (C=O) groups is 3. The predicted octanol–water partition coefficient (Wildman–Crippen LogP) is 6.23. The topological polar surface area (TPSA) is 91.7 Å². The molecule has 5 nitrogen and oxygen atoms in total. The van der Waals surface area contributed by atoms with E-state index in [9.17, 15) is 19.5 Å². The van der Waals surface area contributed by atoms with Crippen LogP contribution in [0.15, 0.2) is 23.5 Å². The van der Waals surface area contributed by atoms with Crippen molar-refractivity contribution in [3.8, 4) is 0 Å². The number of fused-ring (bicyclic) bond motifs is 5. The summed E-state index contributed by atoms with van der Waals surface area (Å²) in [7, 11) is 0. The maximum atomic E-state index is 13.4. The van der Waals surface area contributed by atoms with Gasteiger partial charge in [-0.05, 0) is 80.8 Å². The van der Waals surface area contributed by atoms with E-state index in [0.717, 1.165) is 18.4 Å². The minimum Gasteiger partial charge on any atom is -0.504 e. The van der Waals surface area contributed by atoms with Gasteiger partial charge in [0.25, 0.3) is 0 Å². The average Bonchev–Trinajstić information content (AvgIpc) is 2.95. The number of allylic oxidation sites excluding steroid dienone is 3. The molecule has 0 radical (unpaired) electrons. The summed E-state index contributed by atoms with van der Waals surface area (Å²) in [6.45, 7) is 8.03. The van der Waals surface area contributed by atoms with Crippen molar-refractivity contribution in [2.75, 3.05) is 0 Å². The Morgan fingerprint density at radius 2 is 1.88 bits per heavy atom. The molecule has 0 aromatic heterocycles. The third-order valence-electron chi connectivity index (χ3n) is 10.4. The van der Waals surface area contributed by atoms with Gasteiger partial charge >= 0.3 is 5.97 Å². The molecule has 0 heterocycles. The van der Waals surface area contributed by atoms with Crippen LogP contribution in [0.3, 0.4) is 0 Å². The Bertz CT molecular complexity index is 988.